The van der Waals surface area contributed by atoms with Crippen molar-refractivity contribution in [2.45, 2.75) is 77.7 Å². The molecular formula is C23H35NO2. The predicted molar refractivity (Wildman–Crippen MR) is 110 cm³/mol. The number of hydrogen-bond acceptors (Lipinski definition) is 3. The molecule has 1 aromatic carbocycles. The van der Waals surface area contributed by atoms with Crippen LogP contribution in [0, 0.1) is 5.92 Å². The Morgan fingerprint density at radius 3 is 2.38 bits per heavy atom. The maximum atomic E-state index is 11.3. The summed E-state index contributed by atoms with van der Waals surface area (Å²) in [6, 6.07) is 9.50. The molecule has 0 atom stereocenters. The summed E-state index contributed by atoms with van der Waals surface area (Å²) in [6.45, 7) is 9.02. The lowest BCUT2D eigenvalue weighted by molar-refractivity contribution is -0.137. The van der Waals surface area contributed by atoms with E-state index >= 15 is 0 Å². The van der Waals surface area contributed by atoms with E-state index < -0.39 is 0 Å². The number of rotatable bonds is 7. The molecule has 2 rings (SSSR count). The van der Waals surface area contributed by atoms with Gasteiger partial charge in [0.15, 0.2) is 0 Å². The van der Waals surface area contributed by atoms with Crippen LogP contribution in [-0.4, -0.2) is 18.6 Å². The zero-order valence-corrected chi connectivity index (χ0v) is 16.9. The zero-order valence-electron chi connectivity index (χ0n) is 16.9. The van der Waals surface area contributed by atoms with Crippen LogP contribution in [0.15, 0.2) is 36.4 Å². The Kier molecular flexibility index (Phi) is 7.74. The van der Waals surface area contributed by atoms with E-state index in [0.717, 1.165) is 12.3 Å². The van der Waals surface area contributed by atoms with E-state index in [1.165, 1.54) is 43.4 Å². The molecular weight excluding hydrogens is 322 g/mol. The summed E-state index contributed by atoms with van der Waals surface area (Å²) in [5, 5.41) is 3.70. The van der Waals surface area contributed by atoms with E-state index in [-0.39, 0.29) is 11.4 Å². The molecule has 0 amide bonds. The zero-order chi connectivity index (χ0) is 19.0. The lowest BCUT2D eigenvalue weighted by atomic mass is 9.83. The summed E-state index contributed by atoms with van der Waals surface area (Å²) in [6.07, 6.45) is 10.7. The molecule has 0 radical (unpaired) electrons. The maximum absolute atomic E-state index is 11.3. The van der Waals surface area contributed by atoms with Crippen LogP contribution < -0.4 is 5.32 Å². The van der Waals surface area contributed by atoms with Gasteiger partial charge in [-0.25, -0.2) is 4.79 Å². The van der Waals surface area contributed by atoms with Crippen molar-refractivity contribution in [1.29, 1.82) is 0 Å². The van der Waals surface area contributed by atoms with Gasteiger partial charge in [0.1, 0.15) is 0 Å². The van der Waals surface area contributed by atoms with E-state index in [2.05, 4.69) is 50.4 Å². The van der Waals surface area contributed by atoms with Gasteiger partial charge in [0.25, 0.3) is 0 Å². The number of hydrogen-bond donors (Lipinski definition) is 1. The smallest absolute Gasteiger partial charge is 0.330 e. The minimum Gasteiger partial charge on any atom is -0.463 e. The third-order valence-electron chi connectivity index (χ3n) is 5.25. The summed E-state index contributed by atoms with van der Waals surface area (Å²) >= 11 is 0. The second-order valence-electron chi connectivity index (χ2n) is 8.42. The second kappa shape index (κ2) is 9.80. The molecule has 1 aliphatic rings. The highest BCUT2D eigenvalue weighted by atomic mass is 16.5. The lowest BCUT2D eigenvalue weighted by Gasteiger charge is -2.30. The van der Waals surface area contributed by atoms with Gasteiger partial charge in [0.05, 0.1) is 6.61 Å². The molecule has 3 nitrogen and oxygen atoms in total. The van der Waals surface area contributed by atoms with Crippen LogP contribution in [0.1, 0.15) is 71.8 Å². The summed E-state index contributed by atoms with van der Waals surface area (Å²) in [5.74, 6) is 0.557. The van der Waals surface area contributed by atoms with Gasteiger partial charge in [-0.2, -0.15) is 0 Å². The first-order chi connectivity index (χ1) is 12.4. The summed E-state index contributed by atoms with van der Waals surface area (Å²) in [5.41, 5.74) is 2.82. The number of carbonyl (C=O) groups is 1. The van der Waals surface area contributed by atoms with E-state index in [0.29, 0.717) is 12.6 Å². The third-order valence-corrected chi connectivity index (χ3v) is 5.25. The average molecular weight is 358 g/mol. The van der Waals surface area contributed by atoms with Crippen LogP contribution in [0.4, 0.5) is 5.69 Å². The Balaban J connectivity index is 1.69. The van der Waals surface area contributed by atoms with Gasteiger partial charge >= 0.3 is 5.97 Å². The molecule has 0 spiro atoms. The number of benzene rings is 1. The van der Waals surface area contributed by atoms with Crippen molar-refractivity contribution in [2.75, 3.05) is 11.9 Å². The second-order valence-corrected chi connectivity index (χ2v) is 8.42. The molecule has 1 aliphatic carbocycles. The first kappa shape index (κ1) is 20.5. The van der Waals surface area contributed by atoms with Gasteiger partial charge in [-0.05, 0) is 74.5 Å². The number of carbonyl (C=O) groups excluding carboxylic acids is 1. The van der Waals surface area contributed by atoms with Gasteiger partial charge in [-0.15, -0.1) is 0 Å². The van der Waals surface area contributed by atoms with Gasteiger partial charge in [-0.3, -0.25) is 0 Å². The van der Waals surface area contributed by atoms with Gasteiger partial charge < -0.3 is 10.1 Å². The van der Waals surface area contributed by atoms with E-state index in [9.17, 15) is 4.79 Å². The van der Waals surface area contributed by atoms with Crippen molar-refractivity contribution >= 4 is 11.7 Å². The molecule has 1 N–H and O–H groups in total. The fourth-order valence-electron chi connectivity index (χ4n) is 3.60. The van der Waals surface area contributed by atoms with Crippen molar-refractivity contribution in [3.05, 3.63) is 42.0 Å². The van der Waals surface area contributed by atoms with Gasteiger partial charge in [-0.1, -0.05) is 39.0 Å². The molecule has 1 aromatic rings. The summed E-state index contributed by atoms with van der Waals surface area (Å²) in [7, 11) is 0. The topological polar surface area (TPSA) is 38.3 Å². The molecule has 26 heavy (non-hydrogen) atoms. The number of allylic oxidation sites excluding steroid dienone is 1. The summed E-state index contributed by atoms with van der Waals surface area (Å²) < 4.78 is 4.90. The molecule has 0 heterocycles. The number of anilines is 1. The predicted octanol–water partition coefficient (Wildman–Crippen LogP) is 5.85. The Labute approximate surface area is 159 Å². The number of ether oxygens (including phenoxy) is 1. The SMILES string of the molecule is CCOC(=O)C=CCCC1CCC(Nc2ccc(C(C)(C)C)cc2)CC1. The molecule has 0 aromatic heterocycles. The molecule has 0 unspecified atom stereocenters. The van der Waals surface area contributed by atoms with Crippen LogP contribution in [0.2, 0.25) is 0 Å². The van der Waals surface area contributed by atoms with Crippen LogP contribution in [0.25, 0.3) is 0 Å². The monoisotopic (exact) mass is 357 g/mol. The number of esters is 1. The Hall–Kier alpha value is -1.77. The van der Waals surface area contributed by atoms with Crippen molar-refractivity contribution in [3.8, 4) is 0 Å². The fraction of sp³-hybridized carbons (Fsp3) is 0.609. The first-order valence-electron chi connectivity index (χ1n) is 10.1. The minimum absolute atomic E-state index is 0.207. The Bertz CT molecular complexity index is 575. The van der Waals surface area contributed by atoms with E-state index in [4.69, 9.17) is 4.74 Å². The first-order valence-corrected chi connectivity index (χ1v) is 10.1. The molecule has 0 bridgehead atoms. The normalized spacial score (nSPS) is 20.9. The number of nitrogens with one attached hydrogen (secondary N) is 1. The third kappa shape index (κ3) is 6.86. The van der Waals surface area contributed by atoms with Gasteiger partial charge in [0.2, 0.25) is 0 Å². The minimum atomic E-state index is -0.224. The van der Waals surface area contributed by atoms with Crippen LogP contribution >= 0.6 is 0 Å². The standard InChI is InChI=1S/C23H35NO2/c1-5-26-22(25)9-7-6-8-18-10-14-20(15-11-18)24-21-16-12-19(13-17-21)23(2,3)4/h7,9,12-13,16-18,20,24H,5-6,8,10-11,14-15H2,1-4H3. The van der Waals surface area contributed by atoms with Crippen molar-refractivity contribution in [2.24, 2.45) is 5.92 Å². The van der Waals surface area contributed by atoms with E-state index in [1.54, 1.807) is 6.08 Å². The lowest BCUT2D eigenvalue weighted by Crippen LogP contribution is -2.26. The molecule has 3 heteroatoms. The van der Waals surface area contributed by atoms with Crippen LogP contribution in [-0.2, 0) is 14.9 Å². The highest BCUT2D eigenvalue weighted by Crippen LogP contribution is 2.30. The highest BCUT2D eigenvalue weighted by Gasteiger charge is 2.20. The van der Waals surface area contributed by atoms with Crippen molar-refractivity contribution in [3.63, 3.8) is 0 Å². The Morgan fingerprint density at radius 1 is 1.15 bits per heavy atom. The van der Waals surface area contributed by atoms with Gasteiger partial charge in [0, 0.05) is 17.8 Å². The molecule has 1 saturated carbocycles. The molecule has 144 valence electrons. The molecule has 0 aliphatic heterocycles. The molecule has 1 fully saturated rings. The van der Waals surface area contributed by atoms with Crippen LogP contribution in [0.3, 0.4) is 0 Å². The maximum Gasteiger partial charge on any atom is 0.330 e. The van der Waals surface area contributed by atoms with E-state index in [1.807, 2.05) is 13.0 Å². The fourth-order valence-corrected chi connectivity index (χ4v) is 3.60. The summed E-state index contributed by atoms with van der Waals surface area (Å²) in [4.78, 5) is 11.3. The van der Waals surface area contributed by atoms with Crippen molar-refractivity contribution in [1.82, 2.24) is 0 Å². The van der Waals surface area contributed by atoms with Crippen molar-refractivity contribution < 1.29 is 9.53 Å². The average Bonchev–Trinajstić information content (AvgIpc) is 2.60. The quantitative estimate of drug-likeness (QED) is 0.491. The Morgan fingerprint density at radius 2 is 1.81 bits per heavy atom. The largest absolute Gasteiger partial charge is 0.463 e. The highest BCUT2D eigenvalue weighted by molar-refractivity contribution is 5.81. The molecule has 0 saturated heterocycles. The van der Waals surface area contributed by atoms with Crippen LogP contribution in [0.5, 0.6) is 0 Å².